The Hall–Kier alpha value is -0.910. The second-order valence-corrected chi connectivity index (χ2v) is 4.92. The van der Waals surface area contributed by atoms with Crippen LogP contribution in [0, 0.1) is 0 Å². The van der Waals surface area contributed by atoms with Gasteiger partial charge in [0, 0.05) is 6.42 Å². The van der Waals surface area contributed by atoms with Crippen LogP contribution in [0.25, 0.3) is 0 Å². The molecule has 1 aliphatic carbocycles. The Labute approximate surface area is 82.1 Å². The number of hydrogen-bond acceptors (Lipinski definition) is 3. The molecule has 0 radical (unpaired) electrons. The molecule has 0 bridgehead atoms. The van der Waals surface area contributed by atoms with Crippen LogP contribution in [0.3, 0.4) is 0 Å². The maximum absolute atomic E-state index is 11.1. The third kappa shape index (κ3) is 1.10. The van der Waals surface area contributed by atoms with Crippen molar-refractivity contribution in [2.45, 2.75) is 18.6 Å². The molecule has 1 N–H and O–H groups in total. The Morgan fingerprint density at radius 2 is 2.14 bits per heavy atom. The zero-order valence-corrected chi connectivity index (χ0v) is 8.12. The molecule has 1 aromatic carbocycles. The van der Waals surface area contributed by atoms with Crippen LogP contribution in [0.15, 0.2) is 24.3 Å². The maximum atomic E-state index is 11.1. The van der Waals surface area contributed by atoms with Crippen LogP contribution in [-0.4, -0.2) is 14.5 Å². The van der Waals surface area contributed by atoms with E-state index in [4.69, 9.17) is 4.18 Å². The minimum Gasteiger partial charge on any atom is -0.252 e. The van der Waals surface area contributed by atoms with E-state index in [1.165, 1.54) is 5.56 Å². The summed E-state index contributed by atoms with van der Waals surface area (Å²) >= 11 is 0. The average molecular weight is 211 g/mol. The molecule has 0 aromatic heterocycles. The standard InChI is InChI=1S/C9H9NO3S/c11-14(12)10-9-7-4-2-1-3-6(7)5-8(9)13-14/h1-4,8-10H,5H2/t8-,9+/m0/s1. The summed E-state index contributed by atoms with van der Waals surface area (Å²) in [5.41, 5.74) is 2.21. The van der Waals surface area contributed by atoms with Gasteiger partial charge < -0.3 is 0 Å². The van der Waals surface area contributed by atoms with Crippen molar-refractivity contribution >= 4 is 10.3 Å². The molecule has 4 nitrogen and oxygen atoms in total. The van der Waals surface area contributed by atoms with E-state index in [0.29, 0.717) is 6.42 Å². The molecule has 1 saturated heterocycles. The molecule has 0 unspecified atom stereocenters. The minimum atomic E-state index is -3.50. The van der Waals surface area contributed by atoms with E-state index in [9.17, 15) is 8.42 Å². The van der Waals surface area contributed by atoms with Gasteiger partial charge in [0.15, 0.2) is 0 Å². The van der Waals surface area contributed by atoms with Gasteiger partial charge in [-0.1, -0.05) is 24.3 Å². The summed E-state index contributed by atoms with van der Waals surface area (Å²) in [7, 11) is -3.50. The quantitative estimate of drug-likeness (QED) is 0.680. The van der Waals surface area contributed by atoms with Gasteiger partial charge in [0.1, 0.15) is 6.10 Å². The maximum Gasteiger partial charge on any atom is 0.336 e. The minimum absolute atomic E-state index is 0.184. The highest BCUT2D eigenvalue weighted by Crippen LogP contribution is 2.38. The normalized spacial score (nSPS) is 32.6. The highest BCUT2D eigenvalue weighted by molar-refractivity contribution is 7.85. The molecule has 0 saturated carbocycles. The van der Waals surface area contributed by atoms with Gasteiger partial charge in [-0.25, -0.2) is 0 Å². The van der Waals surface area contributed by atoms with E-state index < -0.39 is 10.3 Å². The second-order valence-electron chi connectivity index (χ2n) is 3.59. The molecule has 0 amide bonds. The molecule has 14 heavy (non-hydrogen) atoms. The summed E-state index contributed by atoms with van der Waals surface area (Å²) in [6.45, 7) is 0. The van der Waals surface area contributed by atoms with Crippen molar-refractivity contribution < 1.29 is 12.6 Å². The predicted molar refractivity (Wildman–Crippen MR) is 49.8 cm³/mol. The highest BCUT2D eigenvalue weighted by Gasteiger charge is 2.44. The van der Waals surface area contributed by atoms with Gasteiger partial charge in [-0.05, 0) is 11.1 Å². The summed E-state index contributed by atoms with van der Waals surface area (Å²) in [4.78, 5) is 0. The van der Waals surface area contributed by atoms with Gasteiger partial charge in [0.05, 0.1) is 6.04 Å². The van der Waals surface area contributed by atoms with Gasteiger partial charge in [-0.2, -0.15) is 13.1 Å². The summed E-state index contributed by atoms with van der Waals surface area (Å²) in [5, 5.41) is 0. The molecule has 74 valence electrons. The number of rotatable bonds is 0. The van der Waals surface area contributed by atoms with Crippen molar-refractivity contribution in [2.75, 3.05) is 0 Å². The largest absolute Gasteiger partial charge is 0.336 e. The molecular formula is C9H9NO3S. The molecular weight excluding hydrogens is 202 g/mol. The van der Waals surface area contributed by atoms with Crippen molar-refractivity contribution in [3.05, 3.63) is 35.4 Å². The first-order valence-electron chi connectivity index (χ1n) is 4.44. The van der Waals surface area contributed by atoms with Crippen LogP contribution in [0.5, 0.6) is 0 Å². The van der Waals surface area contributed by atoms with Gasteiger partial charge in [0.2, 0.25) is 0 Å². The molecule has 3 rings (SSSR count). The van der Waals surface area contributed by atoms with Crippen LogP contribution >= 0.6 is 0 Å². The van der Waals surface area contributed by atoms with E-state index >= 15 is 0 Å². The fourth-order valence-corrected chi connectivity index (χ4v) is 3.28. The van der Waals surface area contributed by atoms with Crippen molar-refractivity contribution in [1.82, 2.24) is 4.72 Å². The average Bonchev–Trinajstić information content (AvgIpc) is 2.56. The van der Waals surface area contributed by atoms with Crippen molar-refractivity contribution in [3.63, 3.8) is 0 Å². The fourth-order valence-electron chi connectivity index (χ4n) is 2.13. The number of hydrogen-bond donors (Lipinski definition) is 1. The smallest absolute Gasteiger partial charge is 0.252 e. The monoisotopic (exact) mass is 211 g/mol. The Bertz CT molecular complexity index is 483. The topological polar surface area (TPSA) is 55.4 Å². The molecule has 2 aliphatic rings. The van der Waals surface area contributed by atoms with Crippen LogP contribution in [-0.2, 0) is 20.9 Å². The summed E-state index contributed by atoms with van der Waals surface area (Å²) in [6.07, 6.45) is 0.421. The molecule has 1 aromatic rings. The van der Waals surface area contributed by atoms with Crippen LogP contribution in [0.2, 0.25) is 0 Å². The Morgan fingerprint density at radius 3 is 3.00 bits per heavy atom. The molecule has 2 atom stereocenters. The highest BCUT2D eigenvalue weighted by atomic mass is 32.2. The second kappa shape index (κ2) is 2.56. The van der Waals surface area contributed by atoms with Crippen molar-refractivity contribution in [2.24, 2.45) is 0 Å². The van der Waals surface area contributed by atoms with E-state index in [0.717, 1.165) is 5.56 Å². The molecule has 5 heteroatoms. The van der Waals surface area contributed by atoms with E-state index in [-0.39, 0.29) is 12.1 Å². The fraction of sp³-hybridized carbons (Fsp3) is 0.333. The lowest BCUT2D eigenvalue weighted by Crippen LogP contribution is -2.19. The third-order valence-corrected chi connectivity index (χ3v) is 3.75. The molecule has 0 spiro atoms. The SMILES string of the molecule is O=S1(=O)N[C@@H]2c3ccccc3C[C@@H]2O1. The lowest BCUT2D eigenvalue weighted by atomic mass is 10.1. The third-order valence-electron chi connectivity index (χ3n) is 2.70. The van der Waals surface area contributed by atoms with Crippen molar-refractivity contribution in [3.8, 4) is 0 Å². The molecule has 1 aliphatic heterocycles. The number of fused-ring (bicyclic) bond motifs is 3. The summed E-state index contributed by atoms with van der Waals surface area (Å²) < 4.78 is 29.7. The molecule has 1 heterocycles. The Balaban J connectivity index is 2.08. The summed E-state index contributed by atoms with van der Waals surface area (Å²) in [5.74, 6) is 0. The van der Waals surface area contributed by atoms with Crippen LogP contribution in [0.1, 0.15) is 17.2 Å². The first kappa shape index (κ1) is 8.40. The van der Waals surface area contributed by atoms with Gasteiger partial charge in [0.25, 0.3) is 0 Å². The first-order valence-corrected chi connectivity index (χ1v) is 5.85. The Kier molecular flexibility index (Phi) is 1.54. The Morgan fingerprint density at radius 1 is 1.36 bits per heavy atom. The van der Waals surface area contributed by atoms with Gasteiger partial charge in [-0.15, -0.1) is 0 Å². The van der Waals surface area contributed by atoms with E-state index in [1.807, 2.05) is 24.3 Å². The van der Waals surface area contributed by atoms with Crippen molar-refractivity contribution in [1.29, 1.82) is 0 Å². The van der Waals surface area contributed by atoms with Gasteiger partial charge in [-0.3, -0.25) is 4.18 Å². The predicted octanol–water partition coefficient (Wildman–Crippen LogP) is 0.517. The molecule has 1 fully saturated rings. The zero-order valence-electron chi connectivity index (χ0n) is 7.30. The van der Waals surface area contributed by atoms with Crippen LogP contribution < -0.4 is 4.72 Å². The van der Waals surface area contributed by atoms with Crippen LogP contribution in [0.4, 0.5) is 0 Å². The lowest BCUT2D eigenvalue weighted by Gasteiger charge is -2.04. The zero-order chi connectivity index (χ0) is 9.76. The number of nitrogens with one attached hydrogen (secondary N) is 1. The number of benzene rings is 1. The van der Waals surface area contributed by atoms with E-state index in [2.05, 4.69) is 4.72 Å². The van der Waals surface area contributed by atoms with E-state index in [1.54, 1.807) is 0 Å². The van der Waals surface area contributed by atoms with Gasteiger partial charge >= 0.3 is 10.3 Å². The first-order chi connectivity index (χ1) is 6.66. The summed E-state index contributed by atoms with van der Waals surface area (Å²) in [6, 6.07) is 7.63. The lowest BCUT2D eigenvalue weighted by molar-refractivity contribution is 0.229.